The molecule has 1 amide bonds. The number of aryl methyl sites for hydroxylation is 1. The van der Waals surface area contributed by atoms with Gasteiger partial charge in [-0.15, -0.1) is 0 Å². The molecule has 5 heteroatoms. The van der Waals surface area contributed by atoms with Gasteiger partial charge in [-0.1, -0.05) is 24.3 Å². The van der Waals surface area contributed by atoms with Crippen molar-refractivity contribution in [3.63, 3.8) is 0 Å². The highest BCUT2D eigenvalue weighted by molar-refractivity contribution is 5.85. The number of fused-ring (bicyclic) bond motifs is 2. The second-order valence-electron chi connectivity index (χ2n) is 6.94. The average molecular weight is 315 g/mol. The lowest BCUT2D eigenvalue weighted by molar-refractivity contribution is -0.148. The first-order chi connectivity index (χ1) is 11.1. The number of morpholine rings is 1. The third-order valence-corrected chi connectivity index (χ3v) is 5.62. The Morgan fingerprint density at radius 2 is 2.17 bits per heavy atom. The lowest BCUT2D eigenvalue weighted by Crippen LogP contribution is -2.47. The van der Waals surface area contributed by atoms with Gasteiger partial charge in [0.05, 0.1) is 19.1 Å². The topological polar surface area (TPSA) is 66.8 Å². The SMILES string of the molecule is O=C(O)CC1CN(C(=O)C2CC23CCc2ccccc23)CCO1. The number of rotatable bonds is 3. The van der Waals surface area contributed by atoms with Gasteiger partial charge in [-0.25, -0.2) is 0 Å². The summed E-state index contributed by atoms with van der Waals surface area (Å²) in [6, 6.07) is 8.46. The fraction of sp³-hybridized carbons (Fsp3) is 0.556. The molecule has 2 fully saturated rings. The Balaban J connectivity index is 1.46. The van der Waals surface area contributed by atoms with Gasteiger partial charge in [-0.2, -0.15) is 0 Å². The molecule has 1 saturated carbocycles. The Hall–Kier alpha value is -1.88. The van der Waals surface area contributed by atoms with Crippen molar-refractivity contribution in [2.45, 2.75) is 37.2 Å². The van der Waals surface area contributed by atoms with Crippen molar-refractivity contribution in [3.05, 3.63) is 35.4 Å². The fourth-order valence-electron chi connectivity index (χ4n) is 4.38. The molecule has 0 radical (unpaired) electrons. The summed E-state index contributed by atoms with van der Waals surface area (Å²) in [6.45, 7) is 1.41. The minimum Gasteiger partial charge on any atom is -0.481 e. The van der Waals surface area contributed by atoms with E-state index in [9.17, 15) is 9.59 Å². The van der Waals surface area contributed by atoms with E-state index in [1.54, 1.807) is 0 Å². The van der Waals surface area contributed by atoms with Crippen molar-refractivity contribution in [1.29, 1.82) is 0 Å². The van der Waals surface area contributed by atoms with Crippen LogP contribution in [0.2, 0.25) is 0 Å². The van der Waals surface area contributed by atoms with Crippen molar-refractivity contribution >= 4 is 11.9 Å². The minimum absolute atomic E-state index is 0.0393. The standard InChI is InChI=1S/C18H21NO4/c20-16(21)9-13-11-19(7-8-23-13)17(22)15-10-18(15)6-5-12-3-1-2-4-14(12)18/h1-4,13,15H,5-11H2,(H,20,21). The number of carbonyl (C=O) groups is 2. The molecule has 0 bridgehead atoms. The van der Waals surface area contributed by atoms with Gasteiger partial charge < -0.3 is 14.7 Å². The molecule has 122 valence electrons. The van der Waals surface area contributed by atoms with E-state index in [4.69, 9.17) is 9.84 Å². The Bertz CT molecular complexity index is 658. The van der Waals surface area contributed by atoms with Crippen molar-refractivity contribution < 1.29 is 19.4 Å². The number of benzene rings is 1. The Morgan fingerprint density at radius 3 is 3.00 bits per heavy atom. The number of nitrogens with zero attached hydrogens (tertiary/aromatic N) is 1. The number of ether oxygens (including phenoxy) is 1. The van der Waals surface area contributed by atoms with Gasteiger partial charge >= 0.3 is 5.97 Å². The molecule has 4 rings (SSSR count). The van der Waals surface area contributed by atoms with E-state index in [1.165, 1.54) is 11.1 Å². The molecule has 1 saturated heterocycles. The first kappa shape index (κ1) is 14.7. The minimum atomic E-state index is -0.878. The van der Waals surface area contributed by atoms with Gasteiger partial charge in [0.25, 0.3) is 0 Å². The number of amides is 1. The molecule has 1 spiro atoms. The van der Waals surface area contributed by atoms with E-state index in [-0.39, 0.29) is 29.8 Å². The molecule has 2 aliphatic carbocycles. The maximum Gasteiger partial charge on any atom is 0.306 e. The molecule has 1 aromatic carbocycles. The van der Waals surface area contributed by atoms with Crippen LogP contribution >= 0.6 is 0 Å². The van der Waals surface area contributed by atoms with E-state index < -0.39 is 5.97 Å². The van der Waals surface area contributed by atoms with Crippen molar-refractivity contribution in [2.75, 3.05) is 19.7 Å². The summed E-state index contributed by atoms with van der Waals surface area (Å²) < 4.78 is 5.47. The second kappa shape index (κ2) is 5.34. The third-order valence-electron chi connectivity index (χ3n) is 5.62. The summed E-state index contributed by atoms with van der Waals surface area (Å²) in [5, 5.41) is 8.91. The summed E-state index contributed by atoms with van der Waals surface area (Å²) in [5.74, 6) is -0.632. The summed E-state index contributed by atoms with van der Waals surface area (Å²) >= 11 is 0. The van der Waals surface area contributed by atoms with Crippen molar-refractivity contribution in [3.8, 4) is 0 Å². The molecule has 1 heterocycles. The molecule has 1 aromatic rings. The monoisotopic (exact) mass is 315 g/mol. The lowest BCUT2D eigenvalue weighted by atomic mass is 9.95. The van der Waals surface area contributed by atoms with E-state index in [0.717, 1.165) is 19.3 Å². The first-order valence-corrected chi connectivity index (χ1v) is 8.31. The molecule has 0 aromatic heterocycles. The number of carboxylic acids is 1. The van der Waals surface area contributed by atoms with E-state index in [2.05, 4.69) is 24.3 Å². The normalized spacial score (nSPS) is 31.9. The van der Waals surface area contributed by atoms with Crippen LogP contribution in [0.3, 0.4) is 0 Å². The quantitative estimate of drug-likeness (QED) is 0.920. The summed E-state index contributed by atoms with van der Waals surface area (Å²) in [7, 11) is 0. The van der Waals surface area contributed by atoms with Crippen LogP contribution in [-0.4, -0.2) is 47.7 Å². The van der Waals surface area contributed by atoms with Crippen molar-refractivity contribution in [1.82, 2.24) is 4.90 Å². The molecule has 1 N–H and O–H groups in total. The number of hydrogen-bond acceptors (Lipinski definition) is 3. The zero-order chi connectivity index (χ0) is 16.0. The molecule has 3 aliphatic rings. The van der Waals surface area contributed by atoms with Crippen LogP contribution in [0.4, 0.5) is 0 Å². The highest BCUT2D eigenvalue weighted by Crippen LogP contribution is 2.62. The lowest BCUT2D eigenvalue weighted by Gasteiger charge is -2.33. The maximum atomic E-state index is 12.9. The van der Waals surface area contributed by atoms with Gasteiger partial charge in [0.15, 0.2) is 0 Å². The molecule has 1 aliphatic heterocycles. The Kier molecular flexibility index (Phi) is 3.41. The number of carboxylic acid groups (broad SMARTS) is 1. The summed E-state index contributed by atoms with van der Waals surface area (Å²) in [4.78, 5) is 25.6. The first-order valence-electron chi connectivity index (χ1n) is 8.31. The smallest absolute Gasteiger partial charge is 0.306 e. The summed E-state index contributed by atoms with van der Waals surface area (Å²) in [5.41, 5.74) is 2.79. The van der Waals surface area contributed by atoms with E-state index in [1.807, 2.05) is 4.90 Å². The van der Waals surface area contributed by atoms with Crippen LogP contribution in [-0.2, 0) is 26.2 Å². The van der Waals surface area contributed by atoms with Gasteiger partial charge in [-0.3, -0.25) is 9.59 Å². The van der Waals surface area contributed by atoms with Crippen LogP contribution in [0.25, 0.3) is 0 Å². The van der Waals surface area contributed by atoms with Crippen LogP contribution in [0, 0.1) is 5.92 Å². The van der Waals surface area contributed by atoms with Crippen LogP contribution in [0.1, 0.15) is 30.4 Å². The number of hydrogen-bond donors (Lipinski definition) is 1. The van der Waals surface area contributed by atoms with Gasteiger partial charge in [0.2, 0.25) is 5.91 Å². The van der Waals surface area contributed by atoms with Crippen LogP contribution in [0.15, 0.2) is 24.3 Å². The molecule has 5 nitrogen and oxygen atoms in total. The van der Waals surface area contributed by atoms with Gasteiger partial charge in [0.1, 0.15) is 0 Å². The molecule has 3 unspecified atom stereocenters. The number of aliphatic carboxylic acids is 1. The molecule has 23 heavy (non-hydrogen) atoms. The predicted octanol–water partition coefficient (Wildman–Crippen LogP) is 1.59. The predicted molar refractivity (Wildman–Crippen MR) is 83.1 cm³/mol. The highest BCUT2D eigenvalue weighted by Gasteiger charge is 2.62. The van der Waals surface area contributed by atoms with Gasteiger partial charge in [0, 0.05) is 24.4 Å². The zero-order valence-corrected chi connectivity index (χ0v) is 13.0. The molecule has 3 atom stereocenters. The maximum absolute atomic E-state index is 12.9. The Morgan fingerprint density at radius 1 is 1.35 bits per heavy atom. The largest absolute Gasteiger partial charge is 0.481 e. The summed E-state index contributed by atoms with van der Waals surface area (Å²) in [6.07, 6.45) is 2.64. The molecular weight excluding hydrogens is 294 g/mol. The highest BCUT2D eigenvalue weighted by atomic mass is 16.5. The zero-order valence-electron chi connectivity index (χ0n) is 13.0. The second-order valence-corrected chi connectivity index (χ2v) is 6.94. The average Bonchev–Trinajstić information content (AvgIpc) is 3.16. The Labute approximate surface area is 135 Å². The molecular formula is C18H21NO4. The van der Waals surface area contributed by atoms with E-state index >= 15 is 0 Å². The third kappa shape index (κ3) is 2.43. The van der Waals surface area contributed by atoms with E-state index in [0.29, 0.717) is 19.7 Å². The van der Waals surface area contributed by atoms with Gasteiger partial charge in [-0.05, 0) is 30.4 Å². The fourth-order valence-corrected chi connectivity index (χ4v) is 4.38. The van der Waals surface area contributed by atoms with Crippen LogP contribution in [0.5, 0.6) is 0 Å². The number of carbonyl (C=O) groups excluding carboxylic acids is 1. The van der Waals surface area contributed by atoms with Crippen molar-refractivity contribution in [2.24, 2.45) is 5.92 Å². The van der Waals surface area contributed by atoms with Crippen LogP contribution < -0.4 is 0 Å².